The van der Waals surface area contributed by atoms with Gasteiger partial charge in [0.15, 0.2) is 0 Å². The summed E-state index contributed by atoms with van der Waals surface area (Å²) < 4.78 is 16.1. The van der Waals surface area contributed by atoms with E-state index in [0.717, 1.165) is 4.57 Å². The lowest BCUT2D eigenvalue weighted by Crippen LogP contribution is -2.39. The number of aromatic nitrogens is 2. The lowest BCUT2D eigenvalue weighted by atomic mass is 10.1. The quantitative estimate of drug-likeness (QED) is 0.497. The lowest BCUT2D eigenvalue weighted by molar-refractivity contribution is -0.183. The van der Waals surface area contributed by atoms with Gasteiger partial charge in [0.1, 0.15) is 17.9 Å². The minimum atomic E-state index is -1.78. The highest BCUT2D eigenvalue weighted by atomic mass is 16.8. The fraction of sp³-hybridized carbons (Fsp3) is 0.667. The molecule has 1 aromatic rings. The van der Waals surface area contributed by atoms with Crippen LogP contribution >= 0.6 is 0 Å². The van der Waals surface area contributed by atoms with Crippen LogP contribution in [0, 0.1) is 6.92 Å². The van der Waals surface area contributed by atoms with Gasteiger partial charge < -0.3 is 24.4 Å². The first-order valence-corrected chi connectivity index (χ1v) is 7.71. The normalized spacial score (nSPS) is 24.8. The van der Waals surface area contributed by atoms with E-state index in [9.17, 15) is 24.6 Å². The van der Waals surface area contributed by atoms with Crippen LogP contribution in [0.4, 0.5) is 4.79 Å². The van der Waals surface area contributed by atoms with Crippen molar-refractivity contribution in [2.75, 3.05) is 0 Å². The Balaban J connectivity index is 2.08. The van der Waals surface area contributed by atoms with E-state index >= 15 is 0 Å². The molecule has 0 aromatic carbocycles. The molecule has 0 radical (unpaired) electrons. The standard InChI is InChI=1S/C15H22N2O8/c1-7-6-17(13(21)16-11(7)19)9-5-8(18)10(23-9)12(20)24-14(22)25-15(2,3)4/h6,8-10,12,18,20H,5H2,1-4H3,(H,16,19,21)/t8-,9+,10-,12?/m0/s1. The summed E-state index contributed by atoms with van der Waals surface area (Å²) in [5.74, 6) is 0. The third-order valence-corrected chi connectivity index (χ3v) is 3.48. The van der Waals surface area contributed by atoms with Crippen molar-refractivity contribution < 1.29 is 29.2 Å². The summed E-state index contributed by atoms with van der Waals surface area (Å²) in [6, 6.07) is 0. The third kappa shape index (κ3) is 4.68. The van der Waals surface area contributed by atoms with Crippen molar-refractivity contribution in [3.8, 4) is 0 Å². The Morgan fingerprint density at radius 1 is 1.44 bits per heavy atom. The lowest BCUT2D eigenvalue weighted by Gasteiger charge is -2.24. The molecule has 140 valence electrons. The molecule has 0 aliphatic carbocycles. The van der Waals surface area contributed by atoms with Crippen LogP contribution in [0.15, 0.2) is 15.8 Å². The Kier molecular flexibility index (Phi) is 5.35. The number of nitrogens with one attached hydrogen (secondary N) is 1. The molecule has 2 rings (SSSR count). The second kappa shape index (κ2) is 6.98. The van der Waals surface area contributed by atoms with E-state index in [1.54, 1.807) is 20.8 Å². The molecule has 1 fully saturated rings. The number of aromatic amines is 1. The average Bonchev–Trinajstić information content (AvgIpc) is 2.82. The largest absolute Gasteiger partial charge is 0.511 e. The van der Waals surface area contributed by atoms with Crippen LogP contribution in [0.25, 0.3) is 0 Å². The number of hydrogen-bond acceptors (Lipinski definition) is 8. The number of H-pyrrole nitrogens is 1. The van der Waals surface area contributed by atoms with Crippen LogP contribution in [0.2, 0.25) is 0 Å². The van der Waals surface area contributed by atoms with Crippen LogP contribution < -0.4 is 11.2 Å². The number of aliphatic hydroxyl groups is 2. The molecule has 1 aromatic heterocycles. The first-order chi connectivity index (χ1) is 11.5. The molecule has 1 unspecified atom stereocenters. The molecule has 0 amide bonds. The summed E-state index contributed by atoms with van der Waals surface area (Å²) in [5, 5.41) is 20.0. The Hall–Kier alpha value is -2.17. The molecule has 1 aliphatic rings. The van der Waals surface area contributed by atoms with E-state index in [-0.39, 0.29) is 12.0 Å². The van der Waals surface area contributed by atoms with Gasteiger partial charge in [-0.15, -0.1) is 0 Å². The number of aryl methyl sites for hydroxylation is 1. The second-order valence-electron chi connectivity index (χ2n) is 6.81. The maximum Gasteiger partial charge on any atom is 0.511 e. The summed E-state index contributed by atoms with van der Waals surface area (Å²) in [6.45, 7) is 6.39. The number of rotatable bonds is 3. The van der Waals surface area contributed by atoms with Crippen molar-refractivity contribution in [3.63, 3.8) is 0 Å². The van der Waals surface area contributed by atoms with Gasteiger partial charge in [0, 0.05) is 18.2 Å². The van der Waals surface area contributed by atoms with Crippen LogP contribution in [0.1, 0.15) is 39.0 Å². The van der Waals surface area contributed by atoms with Crippen LogP contribution in [0.5, 0.6) is 0 Å². The van der Waals surface area contributed by atoms with Crippen molar-refractivity contribution in [3.05, 3.63) is 32.6 Å². The highest BCUT2D eigenvalue weighted by Gasteiger charge is 2.42. The van der Waals surface area contributed by atoms with Crippen molar-refractivity contribution in [1.29, 1.82) is 0 Å². The van der Waals surface area contributed by atoms with E-state index < -0.39 is 47.7 Å². The van der Waals surface area contributed by atoms with Crippen molar-refractivity contribution in [1.82, 2.24) is 9.55 Å². The fourth-order valence-electron chi connectivity index (χ4n) is 2.34. The smallest absolute Gasteiger partial charge is 0.429 e. The van der Waals surface area contributed by atoms with Gasteiger partial charge in [-0.25, -0.2) is 9.59 Å². The summed E-state index contributed by atoms with van der Waals surface area (Å²) in [4.78, 5) is 37.0. The Morgan fingerprint density at radius 2 is 2.08 bits per heavy atom. The summed E-state index contributed by atoms with van der Waals surface area (Å²) >= 11 is 0. The summed E-state index contributed by atoms with van der Waals surface area (Å²) in [5.41, 5.74) is -1.76. The van der Waals surface area contributed by atoms with Crippen LogP contribution in [0.3, 0.4) is 0 Å². The zero-order valence-corrected chi connectivity index (χ0v) is 14.4. The number of hydrogen-bond donors (Lipinski definition) is 3. The molecule has 10 nitrogen and oxygen atoms in total. The van der Waals surface area contributed by atoms with Crippen molar-refractivity contribution in [2.45, 2.75) is 64.4 Å². The van der Waals surface area contributed by atoms with Gasteiger partial charge >= 0.3 is 11.8 Å². The predicted octanol–water partition coefficient (Wildman–Crippen LogP) is -0.236. The minimum absolute atomic E-state index is 0.0369. The van der Waals surface area contributed by atoms with Gasteiger partial charge in [0.25, 0.3) is 5.56 Å². The van der Waals surface area contributed by atoms with E-state index in [1.165, 1.54) is 13.1 Å². The maximum absolute atomic E-state index is 11.9. The van der Waals surface area contributed by atoms with Gasteiger partial charge in [0.2, 0.25) is 6.29 Å². The van der Waals surface area contributed by atoms with Crippen molar-refractivity contribution >= 4 is 6.16 Å². The number of aliphatic hydroxyl groups excluding tert-OH is 2. The van der Waals surface area contributed by atoms with Crippen LogP contribution in [-0.4, -0.2) is 50.0 Å². The maximum atomic E-state index is 11.9. The molecule has 25 heavy (non-hydrogen) atoms. The van der Waals surface area contributed by atoms with E-state index in [2.05, 4.69) is 4.98 Å². The molecule has 4 atom stereocenters. The predicted molar refractivity (Wildman–Crippen MR) is 83.9 cm³/mol. The van der Waals surface area contributed by atoms with Gasteiger partial charge in [0.05, 0.1) is 6.10 Å². The Labute approximate surface area is 143 Å². The number of carbonyl (C=O) groups is 1. The third-order valence-electron chi connectivity index (χ3n) is 3.48. The zero-order valence-electron chi connectivity index (χ0n) is 14.4. The molecule has 2 heterocycles. The SMILES string of the molecule is Cc1cn([C@H]2C[C@H](O)[C@@H](C(O)OC(=O)OC(C)(C)C)O2)c(=O)[nH]c1=O. The molecule has 0 bridgehead atoms. The highest BCUT2D eigenvalue weighted by molar-refractivity contribution is 5.60. The van der Waals surface area contributed by atoms with Gasteiger partial charge in [-0.2, -0.15) is 0 Å². The van der Waals surface area contributed by atoms with E-state index in [4.69, 9.17) is 14.2 Å². The fourth-order valence-corrected chi connectivity index (χ4v) is 2.34. The Morgan fingerprint density at radius 3 is 2.68 bits per heavy atom. The topological polar surface area (TPSA) is 140 Å². The molecular weight excluding hydrogens is 336 g/mol. The molecule has 1 aliphatic heterocycles. The Bertz CT molecular complexity index is 747. The van der Waals surface area contributed by atoms with Gasteiger partial charge in [-0.05, 0) is 27.7 Å². The number of nitrogens with zero attached hydrogens (tertiary/aromatic N) is 1. The minimum Gasteiger partial charge on any atom is -0.429 e. The summed E-state index contributed by atoms with van der Waals surface area (Å²) in [7, 11) is 0. The monoisotopic (exact) mass is 358 g/mol. The first kappa shape index (κ1) is 19.2. The molecule has 10 heteroatoms. The van der Waals surface area contributed by atoms with E-state index in [0.29, 0.717) is 0 Å². The average molecular weight is 358 g/mol. The van der Waals surface area contributed by atoms with Crippen molar-refractivity contribution in [2.24, 2.45) is 0 Å². The van der Waals surface area contributed by atoms with Gasteiger partial charge in [-0.3, -0.25) is 14.3 Å². The molecule has 0 saturated carbocycles. The second-order valence-corrected chi connectivity index (χ2v) is 6.81. The number of ether oxygens (including phenoxy) is 3. The molecule has 0 spiro atoms. The van der Waals surface area contributed by atoms with E-state index in [1.807, 2.05) is 0 Å². The first-order valence-electron chi connectivity index (χ1n) is 7.71. The molecule has 1 saturated heterocycles. The van der Waals surface area contributed by atoms with Gasteiger partial charge in [-0.1, -0.05) is 0 Å². The summed E-state index contributed by atoms with van der Waals surface area (Å²) in [6.07, 6.45) is -5.03. The molecular formula is C15H22N2O8. The highest BCUT2D eigenvalue weighted by Crippen LogP contribution is 2.30. The van der Waals surface area contributed by atoms with Crippen LogP contribution in [-0.2, 0) is 14.2 Å². The zero-order chi connectivity index (χ0) is 18.9. The number of carbonyl (C=O) groups excluding carboxylic acids is 1. The molecule has 3 N–H and O–H groups in total.